The number of furan rings is 1. The first-order valence-electron chi connectivity index (χ1n) is 4.04. The van der Waals surface area contributed by atoms with Crippen molar-refractivity contribution in [3.05, 3.63) is 27.5 Å². The first kappa shape index (κ1) is 10.4. The van der Waals surface area contributed by atoms with Crippen LogP contribution in [0.1, 0.15) is 15.5 Å². The number of halogens is 1. The minimum atomic E-state index is -1.04. The van der Waals surface area contributed by atoms with Crippen LogP contribution in [-0.4, -0.2) is 16.1 Å². The summed E-state index contributed by atoms with van der Waals surface area (Å²) in [7, 11) is 0. The fraction of sp³-hybridized carbons (Fsp3) is 0.111. The highest BCUT2D eigenvalue weighted by Crippen LogP contribution is 2.32. The van der Waals surface area contributed by atoms with Crippen LogP contribution in [0.25, 0.3) is 10.6 Å². The molecule has 2 heterocycles. The topological polar surface area (TPSA) is 63.3 Å². The van der Waals surface area contributed by atoms with E-state index in [4.69, 9.17) is 9.52 Å². The van der Waals surface area contributed by atoms with E-state index in [0.717, 1.165) is 0 Å². The molecule has 0 saturated heterocycles. The van der Waals surface area contributed by atoms with E-state index < -0.39 is 5.97 Å². The highest BCUT2D eigenvalue weighted by molar-refractivity contribution is 9.10. The van der Waals surface area contributed by atoms with Crippen molar-refractivity contribution in [3.8, 4) is 10.6 Å². The Morgan fingerprint density at radius 1 is 1.60 bits per heavy atom. The van der Waals surface area contributed by atoms with E-state index in [0.29, 0.717) is 20.3 Å². The Morgan fingerprint density at radius 2 is 2.33 bits per heavy atom. The van der Waals surface area contributed by atoms with Crippen LogP contribution < -0.4 is 0 Å². The quantitative estimate of drug-likeness (QED) is 0.921. The van der Waals surface area contributed by atoms with Gasteiger partial charge in [-0.2, -0.15) is 0 Å². The zero-order valence-corrected chi connectivity index (χ0v) is 10.1. The maximum absolute atomic E-state index is 10.9. The molecule has 6 heteroatoms. The summed E-state index contributed by atoms with van der Waals surface area (Å²) < 4.78 is 5.87. The van der Waals surface area contributed by atoms with Crippen LogP contribution in [0.4, 0.5) is 0 Å². The van der Waals surface area contributed by atoms with Crippen molar-refractivity contribution >= 4 is 33.2 Å². The fourth-order valence-electron chi connectivity index (χ4n) is 1.18. The summed E-state index contributed by atoms with van der Waals surface area (Å²) in [5.41, 5.74) is 0.0411. The summed E-state index contributed by atoms with van der Waals surface area (Å²) >= 11 is 4.47. The largest absolute Gasteiger partial charge is 0.476 e. The molecule has 0 aromatic carbocycles. The van der Waals surface area contributed by atoms with Gasteiger partial charge in [-0.1, -0.05) is 0 Å². The molecule has 2 rings (SSSR count). The number of carbonyl (C=O) groups is 1. The van der Waals surface area contributed by atoms with Crippen LogP contribution in [0.15, 0.2) is 21.2 Å². The smallest absolute Gasteiger partial charge is 0.356 e. The molecule has 0 fully saturated rings. The highest BCUT2D eigenvalue weighted by Gasteiger charge is 2.19. The molecule has 0 saturated carbocycles. The third kappa shape index (κ3) is 1.95. The SMILES string of the molecule is Cc1nc(C(=O)O)c(-c2ccc(Br)o2)s1. The molecule has 0 atom stereocenters. The average molecular weight is 288 g/mol. The predicted molar refractivity (Wildman–Crippen MR) is 59.2 cm³/mol. The molecule has 0 spiro atoms. The highest BCUT2D eigenvalue weighted by atomic mass is 79.9. The number of aromatic nitrogens is 1. The summed E-state index contributed by atoms with van der Waals surface area (Å²) in [6.45, 7) is 1.76. The van der Waals surface area contributed by atoms with Crippen LogP contribution in [0, 0.1) is 6.92 Å². The Kier molecular flexibility index (Phi) is 2.62. The lowest BCUT2D eigenvalue weighted by atomic mass is 10.3. The van der Waals surface area contributed by atoms with Gasteiger partial charge in [0.1, 0.15) is 10.6 Å². The van der Waals surface area contributed by atoms with E-state index in [-0.39, 0.29) is 5.69 Å². The standard InChI is InChI=1S/C9H6BrNO3S/c1-4-11-7(9(12)13)8(15-4)5-2-3-6(10)14-5/h2-3H,1H3,(H,12,13). The normalized spacial score (nSPS) is 10.5. The number of carboxylic acids is 1. The van der Waals surface area contributed by atoms with Crippen molar-refractivity contribution in [3.63, 3.8) is 0 Å². The minimum absolute atomic E-state index is 0.0411. The first-order valence-corrected chi connectivity index (χ1v) is 5.65. The number of aromatic carboxylic acids is 1. The van der Waals surface area contributed by atoms with Gasteiger partial charge in [-0.05, 0) is 35.0 Å². The molecular formula is C9H6BrNO3S. The zero-order chi connectivity index (χ0) is 11.0. The van der Waals surface area contributed by atoms with Gasteiger partial charge in [0.25, 0.3) is 0 Å². The Bertz CT molecular complexity index is 517. The van der Waals surface area contributed by atoms with Gasteiger partial charge in [0.15, 0.2) is 10.4 Å². The second-order valence-electron chi connectivity index (χ2n) is 2.82. The van der Waals surface area contributed by atoms with Crippen LogP contribution >= 0.6 is 27.3 Å². The monoisotopic (exact) mass is 287 g/mol. The molecular weight excluding hydrogens is 282 g/mol. The molecule has 1 N–H and O–H groups in total. The van der Waals surface area contributed by atoms with Gasteiger partial charge >= 0.3 is 5.97 Å². The average Bonchev–Trinajstić information content (AvgIpc) is 2.71. The molecule has 0 amide bonds. The van der Waals surface area contributed by atoms with E-state index in [1.54, 1.807) is 19.1 Å². The molecule has 0 bridgehead atoms. The molecule has 2 aromatic rings. The number of carboxylic acid groups (broad SMARTS) is 1. The van der Waals surface area contributed by atoms with Crippen LogP contribution in [0.5, 0.6) is 0 Å². The van der Waals surface area contributed by atoms with Crippen molar-refractivity contribution in [1.82, 2.24) is 4.98 Å². The Balaban J connectivity index is 2.56. The first-order chi connectivity index (χ1) is 7.08. The van der Waals surface area contributed by atoms with Crippen molar-refractivity contribution < 1.29 is 14.3 Å². The van der Waals surface area contributed by atoms with Gasteiger partial charge in [-0.25, -0.2) is 9.78 Å². The van der Waals surface area contributed by atoms with Crippen LogP contribution in [0.2, 0.25) is 0 Å². The van der Waals surface area contributed by atoms with Crippen LogP contribution in [0.3, 0.4) is 0 Å². The summed E-state index contributed by atoms with van der Waals surface area (Å²) in [5.74, 6) is -0.522. The van der Waals surface area contributed by atoms with E-state index in [1.165, 1.54) is 11.3 Å². The van der Waals surface area contributed by atoms with Gasteiger partial charge < -0.3 is 9.52 Å². The number of hydrogen-bond acceptors (Lipinski definition) is 4. The fourth-order valence-corrected chi connectivity index (χ4v) is 2.35. The Hall–Kier alpha value is -1.14. The molecule has 0 unspecified atom stereocenters. The van der Waals surface area contributed by atoms with E-state index in [2.05, 4.69) is 20.9 Å². The number of rotatable bonds is 2. The van der Waals surface area contributed by atoms with Gasteiger partial charge in [0.2, 0.25) is 0 Å². The summed E-state index contributed by atoms with van der Waals surface area (Å²) in [6.07, 6.45) is 0. The molecule has 0 aliphatic heterocycles. The lowest BCUT2D eigenvalue weighted by Gasteiger charge is -1.92. The van der Waals surface area contributed by atoms with Gasteiger partial charge in [-0.3, -0.25) is 0 Å². The number of aryl methyl sites for hydroxylation is 1. The molecule has 78 valence electrons. The second kappa shape index (κ2) is 3.79. The number of hydrogen-bond donors (Lipinski definition) is 1. The van der Waals surface area contributed by atoms with Crippen molar-refractivity contribution in [2.24, 2.45) is 0 Å². The molecule has 0 aliphatic carbocycles. The van der Waals surface area contributed by atoms with E-state index >= 15 is 0 Å². The molecule has 2 aromatic heterocycles. The maximum Gasteiger partial charge on any atom is 0.356 e. The van der Waals surface area contributed by atoms with Crippen molar-refractivity contribution in [1.29, 1.82) is 0 Å². The van der Waals surface area contributed by atoms with Crippen LogP contribution in [-0.2, 0) is 0 Å². The Morgan fingerprint density at radius 3 is 2.87 bits per heavy atom. The number of nitrogens with zero attached hydrogens (tertiary/aromatic N) is 1. The summed E-state index contributed by atoms with van der Waals surface area (Å²) in [5, 5.41) is 9.64. The molecule has 0 radical (unpaired) electrons. The summed E-state index contributed by atoms with van der Waals surface area (Å²) in [6, 6.07) is 3.43. The minimum Gasteiger partial charge on any atom is -0.476 e. The second-order valence-corrected chi connectivity index (χ2v) is 4.80. The lowest BCUT2D eigenvalue weighted by molar-refractivity contribution is 0.0692. The zero-order valence-electron chi connectivity index (χ0n) is 7.65. The molecule has 15 heavy (non-hydrogen) atoms. The van der Waals surface area contributed by atoms with Crippen molar-refractivity contribution in [2.45, 2.75) is 6.92 Å². The molecule has 0 aliphatic rings. The molecule has 4 nitrogen and oxygen atoms in total. The van der Waals surface area contributed by atoms with Crippen molar-refractivity contribution in [2.75, 3.05) is 0 Å². The van der Waals surface area contributed by atoms with Gasteiger partial charge in [-0.15, -0.1) is 11.3 Å². The van der Waals surface area contributed by atoms with E-state index in [1.807, 2.05) is 0 Å². The third-order valence-corrected chi connectivity index (χ3v) is 3.15. The Labute approximate surface area is 97.7 Å². The van der Waals surface area contributed by atoms with Gasteiger partial charge in [0.05, 0.1) is 5.01 Å². The number of thiazole rings is 1. The predicted octanol–water partition coefficient (Wildman–Crippen LogP) is 3.17. The lowest BCUT2D eigenvalue weighted by Crippen LogP contribution is -1.98. The maximum atomic E-state index is 10.9. The summed E-state index contributed by atoms with van der Waals surface area (Å²) in [4.78, 5) is 15.4. The van der Waals surface area contributed by atoms with E-state index in [9.17, 15) is 4.79 Å². The third-order valence-electron chi connectivity index (χ3n) is 1.73. The van der Waals surface area contributed by atoms with Gasteiger partial charge in [0, 0.05) is 0 Å².